The summed E-state index contributed by atoms with van der Waals surface area (Å²) >= 11 is 0. The van der Waals surface area contributed by atoms with E-state index in [9.17, 15) is 9.90 Å². The van der Waals surface area contributed by atoms with Crippen molar-refractivity contribution in [3.05, 3.63) is 30.3 Å². The summed E-state index contributed by atoms with van der Waals surface area (Å²) in [6.07, 6.45) is 5.95. The molecule has 0 radical (unpaired) electrons. The summed E-state index contributed by atoms with van der Waals surface area (Å²) in [5.41, 5.74) is 1.26. The summed E-state index contributed by atoms with van der Waals surface area (Å²) in [4.78, 5) is 14.6. The van der Waals surface area contributed by atoms with Crippen molar-refractivity contribution in [2.45, 2.75) is 50.6 Å². The van der Waals surface area contributed by atoms with Gasteiger partial charge in [0, 0.05) is 37.5 Å². The molecule has 1 aliphatic carbocycles. The Bertz CT molecular complexity index is 507. The molecule has 2 amide bonds. The fraction of sp³-hybridized carbons (Fsp3) is 0.632. The van der Waals surface area contributed by atoms with E-state index in [1.54, 1.807) is 0 Å². The maximum absolute atomic E-state index is 12.2. The molecule has 0 aromatic heterocycles. The van der Waals surface area contributed by atoms with Gasteiger partial charge in [-0.05, 0) is 56.6 Å². The Morgan fingerprint density at radius 3 is 2.12 bits per heavy atom. The molecule has 1 heterocycles. The maximum atomic E-state index is 12.2. The number of benzene rings is 1. The minimum Gasteiger partial charge on any atom is -0.396 e. The van der Waals surface area contributed by atoms with Gasteiger partial charge in [-0.15, -0.1) is 0 Å². The van der Waals surface area contributed by atoms with Crippen LogP contribution in [0.15, 0.2) is 30.3 Å². The average molecular weight is 331 g/mol. The summed E-state index contributed by atoms with van der Waals surface area (Å²) in [5.74, 6) is 0.424. The molecule has 3 N–H and O–H groups in total. The van der Waals surface area contributed by atoms with E-state index in [2.05, 4.69) is 39.8 Å². The topological polar surface area (TPSA) is 64.6 Å². The van der Waals surface area contributed by atoms with E-state index in [1.807, 2.05) is 6.07 Å². The average Bonchev–Trinajstić information content (AvgIpc) is 2.64. The molecular weight excluding hydrogens is 302 g/mol. The lowest BCUT2D eigenvalue weighted by molar-refractivity contribution is 0.174. The zero-order valence-electron chi connectivity index (χ0n) is 14.3. The molecule has 132 valence electrons. The highest BCUT2D eigenvalue weighted by atomic mass is 16.3. The van der Waals surface area contributed by atoms with Crippen LogP contribution in [0.3, 0.4) is 0 Å². The third-order valence-electron chi connectivity index (χ3n) is 5.39. The van der Waals surface area contributed by atoms with Crippen LogP contribution in [0.25, 0.3) is 0 Å². The largest absolute Gasteiger partial charge is 0.396 e. The van der Waals surface area contributed by atoms with Crippen LogP contribution in [-0.2, 0) is 0 Å². The van der Waals surface area contributed by atoms with Crippen molar-refractivity contribution >= 4 is 11.7 Å². The fourth-order valence-electron chi connectivity index (χ4n) is 3.82. The molecule has 3 rings (SSSR count). The van der Waals surface area contributed by atoms with Gasteiger partial charge in [0.2, 0.25) is 0 Å². The number of carbonyl (C=O) groups excluding carboxylic acids is 1. The quantitative estimate of drug-likeness (QED) is 0.794. The molecule has 5 heteroatoms. The smallest absolute Gasteiger partial charge is 0.315 e. The van der Waals surface area contributed by atoms with Gasteiger partial charge in [0.15, 0.2) is 0 Å². The van der Waals surface area contributed by atoms with Gasteiger partial charge in [-0.3, -0.25) is 0 Å². The third-order valence-corrected chi connectivity index (χ3v) is 5.39. The lowest BCUT2D eigenvalue weighted by atomic mass is 9.87. The van der Waals surface area contributed by atoms with Gasteiger partial charge in [-0.1, -0.05) is 18.2 Å². The van der Waals surface area contributed by atoms with Gasteiger partial charge < -0.3 is 20.6 Å². The molecule has 2 aliphatic rings. The van der Waals surface area contributed by atoms with Gasteiger partial charge in [-0.2, -0.15) is 0 Å². The summed E-state index contributed by atoms with van der Waals surface area (Å²) < 4.78 is 0. The van der Waals surface area contributed by atoms with Crippen molar-refractivity contribution in [2.24, 2.45) is 5.92 Å². The first-order valence-corrected chi connectivity index (χ1v) is 9.22. The highest BCUT2D eigenvalue weighted by Crippen LogP contribution is 2.24. The van der Waals surface area contributed by atoms with E-state index in [4.69, 9.17) is 0 Å². The van der Waals surface area contributed by atoms with Crippen LogP contribution in [0, 0.1) is 5.92 Å². The third kappa shape index (κ3) is 4.63. The zero-order valence-corrected chi connectivity index (χ0v) is 14.3. The SMILES string of the molecule is O=C(NC1CCC(CO)CC1)NC1CCN(c2ccccc2)CC1. The predicted molar refractivity (Wildman–Crippen MR) is 96.2 cm³/mol. The Hall–Kier alpha value is -1.75. The number of para-hydroxylation sites is 1. The van der Waals surface area contributed by atoms with Crippen LogP contribution in [0.1, 0.15) is 38.5 Å². The van der Waals surface area contributed by atoms with Crippen molar-refractivity contribution in [3.8, 4) is 0 Å². The van der Waals surface area contributed by atoms with Crippen LogP contribution in [0.4, 0.5) is 10.5 Å². The monoisotopic (exact) mass is 331 g/mol. The number of carbonyl (C=O) groups is 1. The maximum Gasteiger partial charge on any atom is 0.315 e. The molecule has 1 aromatic carbocycles. The molecule has 24 heavy (non-hydrogen) atoms. The number of nitrogens with zero attached hydrogens (tertiary/aromatic N) is 1. The van der Waals surface area contributed by atoms with Crippen molar-refractivity contribution in [1.82, 2.24) is 10.6 Å². The molecule has 1 saturated carbocycles. The normalized spacial score (nSPS) is 25.3. The number of aliphatic hydroxyl groups excluding tert-OH is 1. The Kier molecular flexibility index (Phi) is 5.96. The Balaban J connectivity index is 1.37. The molecule has 1 aliphatic heterocycles. The number of piperidine rings is 1. The van der Waals surface area contributed by atoms with E-state index in [0.717, 1.165) is 51.6 Å². The second-order valence-corrected chi connectivity index (χ2v) is 7.11. The van der Waals surface area contributed by atoms with Gasteiger partial charge in [-0.25, -0.2) is 4.79 Å². The van der Waals surface area contributed by atoms with Crippen LogP contribution in [0.5, 0.6) is 0 Å². The minimum atomic E-state index is -0.0272. The second kappa shape index (κ2) is 8.38. The zero-order chi connectivity index (χ0) is 16.8. The first-order chi connectivity index (χ1) is 11.7. The fourth-order valence-corrected chi connectivity index (χ4v) is 3.82. The van der Waals surface area contributed by atoms with Gasteiger partial charge in [0.25, 0.3) is 0 Å². The molecule has 0 atom stereocenters. The summed E-state index contributed by atoms with van der Waals surface area (Å²) in [5, 5.41) is 15.4. The van der Waals surface area contributed by atoms with Crippen molar-refractivity contribution in [1.29, 1.82) is 0 Å². The molecule has 0 spiro atoms. The molecular formula is C19H29N3O2. The Morgan fingerprint density at radius 1 is 0.958 bits per heavy atom. The number of hydrogen-bond donors (Lipinski definition) is 3. The summed E-state index contributed by atoms with van der Waals surface area (Å²) in [6.45, 7) is 2.24. The van der Waals surface area contributed by atoms with E-state index in [1.165, 1.54) is 5.69 Å². The van der Waals surface area contributed by atoms with Crippen molar-refractivity contribution < 1.29 is 9.90 Å². The first-order valence-electron chi connectivity index (χ1n) is 9.22. The van der Waals surface area contributed by atoms with Crippen molar-refractivity contribution in [3.63, 3.8) is 0 Å². The molecule has 1 aromatic rings. The Labute approximate surface area is 144 Å². The van der Waals surface area contributed by atoms with Gasteiger partial charge in [0.1, 0.15) is 0 Å². The molecule has 0 unspecified atom stereocenters. The van der Waals surface area contributed by atoms with Crippen molar-refractivity contribution in [2.75, 3.05) is 24.6 Å². The van der Waals surface area contributed by atoms with E-state index >= 15 is 0 Å². The lowest BCUT2D eigenvalue weighted by Crippen LogP contribution is -2.50. The molecule has 1 saturated heterocycles. The lowest BCUT2D eigenvalue weighted by Gasteiger charge is -2.34. The first kappa shape index (κ1) is 17.1. The van der Waals surface area contributed by atoms with E-state index in [-0.39, 0.29) is 24.7 Å². The predicted octanol–water partition coefficient (Wildman–Crippen LogP) is 2.51. The minimum absolute atomic E-state index is 0.0272. The number of anilines is 1. The molecule has 2 fully saturated rings. The van der Waals surface area contributed by atoms with Crippen LogP contribution >= 0.6 is 0 Å². The van der Waals surface area contributed by atoms with E-state index < -0.39 is 0 Å². The number of aliphatic hydroxyl groups is 1. The summed E-state index contributed by atoms with van der Waals surface area (Å²) in [6, 6.07) is 11.0. The second-order valence-electron chi connectivity index (χ2n) is 7.11. The molecule has 5 nitrogen and oxygen atoms in total. The van der Waals surface area contributed by atoms with Crippen LogP contribution in [-0.4, -0.2) is 42.9 Å². The van der Waals surface area contributed by atoms with E-state index in [0.29, 0.717) is 5.92 Å². The van der Waals surface area contributed by atoms with Crippen LogP contribution in [0.2, 0.25) is 0 Å². The molecule has 0 bridgehead atoms. The number of urea groups is 1. The van der Waals surface area contributed by atoms with Crippen LogP contribution < -0.4 is 15.5 Å². The highest BCUT2D eigenvalue weighted by molar-refractivity contribution is 5.74. The van der Waals surface area contributed by atoms with Gasteiger partial charge >= 0.3 is 6.03 Å². The number of rotatable bonds is 4. The number of nitrogens with one attached hydrogen (secondary N) is 2. The number of amides is 2. The standard InChI is InChI=1S/C19H29N3O2/c23-14-15-6-8-16(9-7-15)20-19(24)21-17-10-12-22(13-11-17)18-4-2-1-3-5-18/h1-5,15-17,23H,6-14H2,(H2,20,21,24). The van der Waals surface area contributed by atoms with Gasteiger partial charge in [0.05, 0.1) is 0 Å². The Morgan fingerprint density at radius 2 is 1.54 bits per heavy atom. The number of hydrogen-bond acceptors (Lipinski definition) is 3. The summed E-state index contributed by atoms with van der Waals surface area (Å²) in [7, 11) is 0. The highest BCUT2D eigenvalue weighted by Gasteiger charge is 2.24.